The van der Waals surface area contributed by atoms with Crippen LogP contribution in [0.2, 0.25) is 0 Å². The van der Waals surface area contributed by atoms with Gasteiger partial charge in [0.1, 0.15) is 6.04 Å². The van der Waals surface area contributed by atoms with Crippen molar-refractivity contribution in [1.82, 2.24) is 10.2 Å². The number of amides is 1. The van der Waals surface area contributed by atoms with Crippen LogP contribution < -0.4 is 5.32 Å². The first-order valence-corrected chi connectivity index (χ1v) is 6.97. The first kappa shape index (κ1) is 13.1. The quantitative estimate of drug-likeness (QED) is 0.855. The highest BCUT2D eigenvalue weighted by atomic mass is 16.4. The van der Waals surface area contributed by atoms with Crippen molar-refractivity contribution in [2.45, 2.75) is 18.9 Å². The standard InChI is InChI=1S/C15H18N2O3/c18-13(19)7-10-8-17(9-10)15(20)14-12-4-2-1-3-11(12)5-6-16-14/h1-4,10,14,16H,5-9H2,(H,18,19). The van der Waals surface area contributed by atoms with E-state index in [0.29, 0.717) is 13.1 Å². The van der Waals surface area contributed by atoms with Gasteiger partial charge < -0.3 is 15.3 Å². The molecule has 106 valence electrons. The number of carbonyl (C=O) groups is 2. The molecule has 1 aromatic carbocycles. The molecule has 5 nitrogen and oxygen atoms in total. The van der Waals surface area contributed by atoms with E-state index in [4.69, 9.17) is 5.11 Å². The Morgan fingerprint density at radius 2 is 2.05 bits per heavy atom. The Balaban J connectivity index is 1.66. The van der Waals surface area contributed by atoms with Crippen molar-refractivity contribution in [2.24, 2.45) is 5.92 Å². The Kier molecular flexibility index (Phi) is 3.44. The molecule has 0 aliphatic carbocycles. The number of fused-ring (bicyclic) bond motifs is 1. The average molecular weight is 274 g/mol. The summed E-state index contributed by atoms with van der Waals surface area (Å²) in [5.74, 6) is -0.614. The third kappa shape index (κ3) is 2.41. The minimum atomic E-state index is -0.789. The topological polar surface area (TPSA) is 69.6 Å². The summed E-state index contributed by atoms with van der Waals surface area (Å²) in [5, 5.41) is 12.0. The van der Waals surface area contributed by atoms with Gasteiger partial charge in [0.15, 0.2) is 0 Å². The summed E-state index contributed by atoms with van der Waals surface area (Å²) in [4.78, 5) is 24.9. The fourth-order valence-corrected chi connectivity index (χ4v) is 3.03. The summed E-state index contributed by atoms with van der Waals surface area (Å²) in [5.41, 5.74) is 2.29. The minimum absolute atomic E-state index is 0.0683. The highest BCUT2D eigenvalue weighted by molar-refractivity contribution is 5.85. The van der Waals surface area contributed by atoms with Crippen LogP contribution in [0, 0.1) is 5.92 Å². The van der Waals surface area contributed by atoms with Gasteiger partial charge in [0.05, 0.1) is 6.42 Å². The van der Waals surface area contributed by atoms with Crippen molar-refractivity contribution < 1.29 is 14.7 Å². The Morgan fingerprint density at radius 3 is 2.80 bits per heavy atom. The Hall–Kier alpha value is -1.88. The molecule has 3 rings (SSSR count). The molecule has 1 atom stereocenters. The maximum absolute atomic E-state index is 12.5. The van der Waals surface area contributed by atoms with Crippen molar-refractivity contribution in [1.29, 1.82) is 0 Å². The van der Waals surface area contributed by atoms with E-state index in [1.165, 1.54) is 5.56 Å². The van der Waals surface area contributed by atoms with Gasteiger partial charge in [-0.3, -0.25) is 9.59 Å². The molecule has 0 radical (unpaired) electrons. The second-order valence-electron chi connectivity index (χ2n) is 5.54. The molecular formula is C15H18N2O3. The van der Waals surface area contributed by atoms with Crippen LogP contribution in [-0.2, 0) is 16.0 Å². The molecule has 5 heteroatoms. The van der Waals surface area contributed by atoms with Crippen LogP contribution in [0.1, 0.15) is 23.6 Å². The highest BCUT2D eigenvalue weighted by Crippen LogP contribution is 2.28. The molecule has 20 heavy (non-hydrogen) atoms. The van der Waals surface area contributed by atoms with Gasteiger partial charge in [-0.25, -0.2) is 0 Å². The maximum atomic E-state index is 12.5. The number of carbonyl (C=O) groups excluding carboxylic acids is 1. The van der Waals surface area contributed by atoms with Crippen LogP contribution in [0.3, 0.4) is 0 Å². The zero-order chi connectivity index (χ0) is 14.1. The number of nitrogens with one attached hydrogen (secondary N) is 1. The number of benzene rings is 1. The molecule has 2 aliphatic heterocycles. The fraction of sp³-hybridized carbons (Fsp3) is 0.467. The average Bonchev–Trinajstić information content (AvgIpc) is 2.41. The molecule has 0 bridgehead atoms. The largest absolute Gasteiger partial charge is 0.481 e. The van der Waals surface area contributed by atoms with E-state index in [1.807, 2.05) is 18.2 Å². The van der Waals surface area contributed by atoms with E-state index >= 15 is 0 Å². The molecule has 1 saturated heterocycles. The molecule has 0 spiro atoms. The third-order valence-corrected chi connectivity index (χ3v) is 4.09. The van der Waals surface area contributed by atoms with Crippen LogP contribution in [0.5, 0.6) is 0 Å². The molecule has 0 saturated carbocycles. The number of carboxylic acid groups (broad SMARTS) is 1. The summed E-state index contributed by atoms with van der Waals surface area (Å²) in [6, 6.07) is 7.75. The SMILES string of the molecule is O=C(O)CC1CN(C(=O)C2NCCc3ccccc32)C1. The van der Waals surface area contributed by atoms with Gasteiger partial charge in [-0.1, -0.05) is 24.3 Å². The summed E-state index contributed by atoms with van der Waals surface area (Å²) in [6.45, 7) is 1.93. The van der Waals surface area contributed by atoms with Crippen molar-refractivity contribution >= 4 is 11.9 Å². The van der Waals surface area contributed by atoms with Gasteiger partial charge in [0.2, 0.25) is 5.91 Å². The number of aliphatic carboxylic acids is 1. The van der Waals surface area contributed by atoms with Crippen LogP contribution in [0.4, 0.5) is 0 Å². The number of nitrogens with zero attached hydrogens (tertiary/aromatic N) is 1. The Bertz CT molecular complexity index is 538. The summed E-state index contributed by atoms with van der Waals surface area (Å²) >= 11 is 0. The van der Waals surface area contributed by atoms with E-state index in [2.05, 4.69) is 11.4 Å². The lowest BCUT2D eigenvalue weighted by molar-refractivity contribution is -0.146. The number of rotatable bonds is 3. The molecule has 2 aliphatic rings. The summed E-state index contributed by atoms with van der Waals surface area (Å²) in [7, 11) is 0. The van der Waals surface area contributed by atoms with E-state index < -0.39 is 5.97 Å². The summed E-state index contributed by atoms with van der Waals surface area (Å²) < 4.78 is 0. The normalized spacial score (nSPS) is 22.0. The first-order chi connectivity index (χ1) is 9.65. The molecular weight excluding hydrogens is 256 g/mol. The number of likely N-dealkylation sites (tertiary alicyclic amines) is 1. The lowest BCUT2D eigenvalue weighted by Crippen LogP contribution is -2.54. The van der Waals surface area contributed by atoms with Gasteiger partial charge >= 0.3 is 5.97 Å². The third-order valence-electron chi connectivity index (χ3n) is 4.09. The molecule has 1 unspecified atom stereocenters. The van der Waals surface area contributed by atoms with Gasteiger partial charge in [-0.2, -0.15) is 0 Å². The molecule has 2 N–H and O–H groups in total. The lowest BCUT2D eigenvalue weighted by Gasteiger charge is -2.41. The first-order valence-electron chi connectivity index (χ1n) is 6.97. The van der Waals surface area contributed by atoms with E-state index in [1.54, 1.807) is 4.90 Å². The van der Waals surface area contributed by atoms with Crippen LogP contribution in [-0.4, -0.2) is 41.5 Å². The maximum Gasteiger partial charge on any atom is 0.303 e. The van der Waals surface area contributed by atoms with E-state index in [-0.39, 0.29) is 24.3 Å². The van der Waals surface area contributed by atoms with Crippen LogP contribution >= 0.6 is 0 Å². The second-order valence-corrected chi connectivity index (χ2v) is 5.54. The number of hydrogen-bond donors (Lipinski definition) is 2. The smallest absolute Gasteiger partial charge is 0.303 e. The van der Waals surface area contributed by atoms with Gasteiger partial charge in [0, 0.05) is 25.6 Å². The van der Waals surface area contributed by atoms with Gasteiger partial charge in [0.25, 0.3) is 0 Å². The number of hydrogen-bond acceptors (Lipinski definition) is 3. The molecule has 1 amide bonds. The highest BCUT2D eigenvalue weighted by Gasteiger charge is 2.37. The number of carboxylic acids is 1. The van der Waals surface area contributed by atoms with Crippen LogP contribution in [0.25, 0.3) is 0 Å². The molecule has 2 heterocycles. The van der Waals surface area contributed by atoms with Crippen LogP contribution in [0.15, 0.2) is 24.3 Å². The molecule has 1 aromatic rings. The fourth-order valence-electron chi connectivity index (χ4n) is 3.03. The predicted octanol–water partition coefficient (Wildman–Crippen LogP) is 0.806. The van der Waals surface area contributed by atoms with Gasteiger partial charge in [-0.15, -0.1) is 0 Å². The van der Waals surface area contributed by atoms with Crippen molar-refractivity contribution in [3.63, 3.8) is 0 Å². The van der Waals surface area contributed by atoms with Crippen molar-refractivity contribution in [2.75, 3.05) is 19.6 Å². The van der Waals surface area contributed by atoms with Gasteiger partial charge in [-0.05, 0) is 17.5 Å². The molecule has 0 aromatic heterocycles. The zero-order valence-electron chi connectivity index (χ0n) is 11.2. The zero-order valence-corrected chi connectivity index (χ0v) is 11.2. The molecule has 1 fully saturated rings. The second kappa shape index (κ2) is 5.25. The Morgan fingerprint density at radius 1 is 1.30 bits per heavy atom. The minimum Gasteiger partial charge on any atom is -0.481 e. The van der Waals surface area contributed by atoms with Crippen molar-refractivity contribution in [3.05, 3.63) is 35.4 Å². The summed E-state index contributed by atoms with van der Waals surface area (Å²) in [6.07, 6.45) is 1.10. The van der Waals surface area contributed by atoms with E-state index in [9.17, 15) is 9.59 Å². The predicted molar refractivity (Wildman–Crippen MR) is 73.2 cm³/mol. The monoisotopic (exact) mass is 274 g/mol. The Labute approximate surface area is 117 Å². The van der Waals surface area contributed by atoms with Crippen molar-refractivity contribution in [3.8, 4) is 0 Å². The van der Waals surface area contributed by atoms with E-state index in [0.717, 1.165) is 18.5 Å². The lowest BCUT2D eigenvalue weighted by atomic mass is 9.90.